The predicted molar refractivity (Wildman–Crippen MR) is 72.9 cm³/mol. The van der Waals surface area contributed by atoms with Gasteiger partial charge in [0, 0.05) is 5.38 Å². The van der Waals surface area contributed by atoms with Crippen LogP contribution in [0.4, 0.5) is 0 Å². The topological polar surface area (TPSA) is 117 Å². The van der Waals surface area contributed by atoms with E-state index in [4.69, 9.17) is 27.9 Å². The number of halogens is 2. The number of aliphatic hydroxyl groups is 2. The van der Waals surface area contributed by atoms with Gasteiger partial charge in [0.1, 0.15) is 18.5 Å². The summed E-state index contributed by atoms with van der Waals surface area (Å²) in [6, 6.07) is 0. The van der Waals surface area contributed by atoms with Crippen molar-refractivity contribution in [1.29, 1.82) is 0 Å². The highest BCUT2D eigenvalue weighted by molar-refractivity contribution is 6.32. The second kappa shape index (κ2) is 5.79. The molecule has 2 rings (SSSR count). The molecule has 1 saturated heterocycles. The smallest absolute Gasteiger partial charge is 0.350 e. The molecule has 21 heavy (non-hydrogen) atoms. The van der Waals surface area contributed by atoms with Crippen molar-refractivity contribution in [2.75, 3.05) is 0 Å². The molecule has 5 atom stereocenters. The fourth-order valence-electron chi connectivity index (χ4n) is 2.08. The van der Waals surface area contributed by atoms with Crippen LogP contribution in [-0.4, -0.2) is 47.9 Å². The number of H-pyrrole nitrogens is 1. The summed E-state index contributed by atoms with van der Waals surface area (Å²) in [5.74, 6) is 2.36. The molecule has 1 aliphatic rings. The minimum absolute atomic E-state index is 0.842. The van der Waals surface area contributed by atoms with Crippen LogP contribution < -0.4 is 11.4 Å². The van der Waals surface area contributed by atoms with Gasteiger partial charge in [0.15, 0.2) is 11.1 Å². The lowest BCUT2D eigenvalue weighted by Crippen LogP contribution is -2.45. The molecular weight excluding hydrogens is 325 g/mol. The Morgan fingerprint density at radius 1 is 1.62 bits per heavy atom. The Labute approximate surface area is 128 Å². The predicted octanol–water partition coefficient (Wildman–Crippen LogP) is -1.25. The maximum atomic E-state index is 11.8. The van der Waals surface area contributed by atoms with E-state index in [-0.39, 0.29) is 0 Å². The lowest BCUT2D eigenvalue weighted by molar-refractivity contribution is -0.0776. The van der Waals surface area contributed by atoms with Crippen molar-refractivity contribution in [2.24, 2.45) is 0 Å². The Kier molecular flexibility index (Phi) is 4.41. The number of aromatic nitrogens is 3. The summed E-state index contributed by atoms with van der Waals surface area (Å²) in [5, 5.41) is 21.8. The van der Waals surface area contributed by atoms with Crippen LogP contribution in [0.1, 0.15) is 13.2 Å². The summed E-state index contributed by atoms with van der Waals surface area (Å²) in [5.41, 5.74) is -1.69. The summed E-state index contributed by atoms with van der Waals surface area (Å²) in [4.78, 5) is 26.3. The van der Waals surface area contributed by atoms with Crippen LogP contribution in [0.2, 0.25) is 0 Å². The number of rotatable bonds is 2. The van der Waals surface area contributed by atoms with Crippen LogP contribution in [-0.2, 0) is 4.74 Å². The lowest BCUT2D eigenvalue weighted by Gasteiger charge is -2.25. The Morgan fingerprint density at radius 3 is 2.81 bits per heavy atom. The summed E-state index contributed by atoms with van der Waals surface area (Å²) in [6.45, 7) is 1.38. The van der Waals surface area contributed by atoms with Crippen LogP contribution in [0.15, 0.2) is 15.9 Å². The third-order valence-electron chi connectivity index (χ3n) is 3.10. The molecular formula is C11H11Cl2N3O5. The second-order valence-corrected chi connectivity index (χ2v) is 5.33. The molecule has 0 aliphatic carbocycles. The van der Waals surface area contributed by atoms with E-state index in [9.17, 15) is 19.8 Å². The molecule has 0 spiro atoms. The number of aliphatic hydroxyl groups excluding tert-OH is 2. The molecule has 0 aromatic carbocycles. The van der Waals surface area contributed by atoms with Crippen LogP contribution >= 0.6 is 23.2 Å². The standard InChI is InChI=1S/C11H11Cl2N3O5/c1-5(17)6-7(18)11(13,2-3-12)8(21-6)16-4-14-9(19)15-10(16)20/h4-8,17-18H,1H3,(H,15,19,20)/t5-,6+,7?,8+,11+/m0/s1. The quantitative estimate of drug-likeness (QED) is 0.459. The van der Waals surface area contributed by atoms with E-state index >= 15 is 0 Å². The molecule has 0 radical (unpaired) electrons. The molecule has 2 heterocycles. The molecule has 1 aromatic heterocycles. The second-order valence-electron chi connectivity index (χ2n) is 4.51. The van der Waals surface area contributed by atoms with Gasteiger partial charge in [-0.15, -0.1) is 0 Å². The van der Waals surface area contributed by atoms with E-state index in [0.29, 0.717) is 0 Å². The van der Waals surface area contributed by atoms with Crippen LogP contribution in [0.25, 0.3) is 0 Å². The van der Waals surface area contributed by atoms with E-state index < -0.39 is 40.8 Å². The van der Waals surface area contributed by atoms with E-state index in [2.05, 4.69) is 10.9 Å². The number of aromatic amines is 1. The number of hydrogen-bond donors (Lipinski definition) is 3. The van der Waals surface area contributed by atoms with Gasteiger partial charge in [0.05, 0.1) is 6.10 Å². The Balaban J connectivity index is 2.56. The summed E-state index contributed by atoms with van der Waals surface area (Å²) in [7, 11) is 0. The van der Waals surface area contributed by atoms with E-state index in [0.717, 1.165) is 10.9 Å². The summed E-state index contributed by atoms with van der Waals surface area (Å²) >= 11 is 11.6. The minimum atomic E-state index is -1.78. The van der Waals surface area contributed by atoms with Crippen molar-refractivity contribution >= 4 is 23.2 Å². The number of hydrogen-bond acceptors (Lipinski definition) is 6. The Bertz CT molecular complexity index is 706. The average Bonchev–Trinajstić information content (AvgIpc) is 2.64. The highest BCUT2D eigenvalue weighted by atomic mass is 35.5. The minimum Gasteiger partial charge on any atom is -0.391 e. The van der Waals surface area contributed by atoms with E-state index in [1.807, 2.05) is 10.4 Å². The van der Waals surface area contributed by atoms with Crippen molar-refractivity contribution in [2.45, 2.75) is 36.3 Å². The lowest BCUT2D eigenvalue weighted by atomic mass is 9.97. The van der Waals surface area contributed by atoms with Gasteiger partial charge in [-0.3, -0.25) is 9.55 Å². The van der Waals surface area contributed by atoms with E-state index in [1.54, 1.807) is 0 Å². The first-order chi connectivity index (χ1) is 9.81. The van der Waals surface area contributed by atoms with Crippen LogP contribution in [0.3, 0.4) is 0 Å². The highest BCUT2D eigenvalue weighted by Gasteiger charge is 2.57. The van der Waals surface area contributed by atoms with Gasteiger partial charge < -0.3 is 14.9 Å². The highest BCUT2D eigenvalue weighted by Crippen LogP contribution is 2.43. The molecule has 0 amide bonds. The zero-order chi connectivity index (χ0) is 15.8. The van der Waals surface area contributed by atoms with Crippen molar-refractivity contribution < 1.29 is 14.9 Å². The van der Waals surface area contributed by atoms with E-state index in [1.165, 1.54) is 6.92 Å². The van der Waals surface area contributed by atoms with Gasteiger partial charge in [-0.25, -0.2) is 9.59 Å². The van der Waals surface area contributed by atoms with Crippen molar-refractivity contribution in [3.05, 3.63) is 27.3 Å². The first-order valence-electron chi connectivity index (χ1n) is 5.82. The van der Waals surface area contributed by atoms with Crippen molar-refractivity contribution in [3.8, 4) is 11.3 Å². The summed E-state index contributed by atoms with van der Waals surface area (Å²) in [6.07, 6.45) is -3.97. The number of nitrogens with zero attached hydrogens (tertiary/aromatic N) is 2. The average molecular weight is 336 g/mol. The maximum absolute atomic E-state index is 11.8. The maximum Gasteiger partial charge on any atom is 0.350 e. The van der Waals surface area contributed by atoms with Crippen LogP contribution in [0.5, 0.6) is 0 Å². The number of ether oxygens (including phenoxy) is 1. The zero-order valence-corrected chi connectivity index (χ0v) is 12.2. The molecule has 3 N–H and O–H groups in total. The fraction of sp³-hybridized carbons (Fsp3) is 0.545. The van der Waals surface area contributed by atoms with Gasteiger partial charge in [-0.1, -0.05) is 17.5 Å². The largest absolute Gasteiger partial charge is 0.391 e. The zero-order valence-electron chi connectivity index (χ0n) is 10.7. The molecule has 0 bridgehead atoms. The van der Waals surface area contributed by atoms with Crippen molar-refractivity contribution in [1.82, 2.24) is 14.5 Å². The Morgan fingerprint density at radius 2 is 2.29 bits per heavy atom. The van der Waals surface area contributed by atoms with Gasteiger partial charge in [-0.2, -0.15) is 4.98 Å². The Hall–Kier alpha value is -1.37. The molecule has 10 heteroatoms. The third kappa shape index (κ3) is 2.71. The molecule has 114 valence electrons. The third-order valence-corrected chi connectivity index (χ3v) is 3.70. The molecule has 1 aromatic rings. The molecule has 8 nitrogen and oxygen atoms in total. The molecule has 1 aliphatic heterocycles. The molecule has 1 fully saturated rings. The SMILES string of the molecule is C[C@H](O)[C@H]1O[C@@H](n2cnc(=O)[nH]c2=O)[C@@](Cl)(C#CCl)C1O. The van der Waals surface area contributed by atoms with Crippen LogP contribution in [0, 0.1) is 11.3 Å². The van der Waals surface area contributed by atoms with Crippen molar-refractivity contribution in [3.63, 3.8) is 0 Å². The van der Waals surface area contributed by atoms with Gasteiger partial charge >= 0.3 is 11.4 Å². The molecule has 0 saturated carbocycles. The normalized spacial score (nSPS) is 33.3. The van der Waals surface area contributed by atoms with Gasteiger partial charge in [0.2, 0.25) is 0 Å². The summed E-state index contributed by atoms with van der Waals surface area (Å²) < 4.78 is 6.28. The number of nitrogens with one attached hydrogen (secondary N) is 1. The number of alkyl halides is 1. The van der Waals surface area contributed by atoms with Gasteiger partial charge in [-0.05, 0) is 18.5 Å². The first-order valence-corrected chi connectivity index (χ1v) is 6.57. The fourth-order valence-corrected chi connectivity index (χ4v) is 2.62. The monoisotopic (exact) mass is 335 g/mol. The molecule has 1 unspecified atom stereocenters. The first kappa shape index (κ1) is 16.0. The van der Waals surface area contributed by atoms with Gasteiger partial charge in [0.25, 0.3) is 0 Å².